The van der Waals surface area contributed by atoms with Crippen LogP contribution in [0, 0.1) is 0 Å². The highest BCUT2D eigenvalue weighted by molar-refractivity contribution is 8.00. The third kappa shape index (κ3) is 8.67. The van der Waals surface area contributed by atoms with Gasteiger partial charge in [-0.3, -0.25) is 0 Å². The Hall–Kier alpha value is -2.65. The Morgan fingerprint density at radius 3 is 1.27 bits per heavy atom. The number of fused-ring (bicyclic) bond motifs is 2. The predicted octanol–water partition coefficient (Wildman–Crippen LogP) is 12.1. The molecule has 0 atom stereocenters. The van der Waals surface area contributed by atoms with Crippen LogP contribution in [0.25, 0.3) is 21.5 Å². The zero-order chi connectivity index (χ0) is 28.9. The molecule has 0 aliphatic heterocycles. The van der Waals surface area contributed by atoms with Crippen molar-refractivity contribution in [2.45, 2.75) is 126 Å². The summed E-state index contributed by atoms with van der Waals surface area (Å²) in [5, 5.41) is 27.0. The van der Waals surface area contributed by atoms with E-state index in [1.807, 2.05) is 24.3 Å². The number of hydrogen-bond donors (Lipinski definition) is 2. The van der Waals surface area contributed by atoms with Crippen molar-refractivity contribution in [3.8, 4) is 11.5 Å². The minimum atomic E-state index is 0.398. The molecule has 4 rings (SSSR count). The molecule has 41 heavy (non-hydrogen) atoms. The molecule has 0 amide bonds. The highest BCUT2D eigenvalue weighted by Crippen LogP contribution is 2.47. The molecule has 0 saturated heterocycles. The summed E-state index contributed by atoms with van der Waals surface area (Å²) in [5.41, 5.74) is 2.10. The molecular formula is C38H50O2S. The van der Waals surface area contributed by atoms with E-state index >= 15 is 0 Å². The van der Waals surface area contributed by atoms with Crippen molar-refractivity contribution < 1.29 is 10.2 Å². The lowest BCUT2D eigenvalue weighted by Crippen LogP contribution is -1.96. The van der Waals surface area contributed by atoms with Crippen LogP contribution in [0.4, 0.5) is 0 Å². The van der Waals surface area contributed by atoms with Gasteiger partial charge < -0.3 is 10.2 Å². The van der Waals surface area contributed by atoms with Crippen LogP contribution in [0.2, 0.25) is 0 Å². The van der Waals surface area contributed by atoms with E-state index in [-0.39, 0.29) is 0 Å². The second kappa shape index (κ2) is 16.7. The fourth-order valence-electron chi connectivity index (χ4n) is 6.02. The van der Waals surface area contributed by atoms with Gasteiger partial charge in [-0.2, -0.15) is 0 Å². The van der Waals surface area contributed by atoms with E-state index in [0.29, 0.717) is 11.5 Å². The van der Waals surface area contributed by atoms with Crippen LogP contribution in [0.1, 0.15) is 115 Å². The SMILES string of the molecule is CCCCCCCCCc1c(O)cc2ccccc2c1Sc1c(CCCCCCCCC)c(O)cc2ccccc12. The van der Waals surface area contributed by atoms with Crippen molar-refractivity contribution in [1.29, 1.82) is 0 Å². The van der Waals surface area contributed by atoms with Crippen LogP contribution in [0.5, 0.6) is 11.5 Å². The van der Waals surface area contributed by atoms with E-state index in [4.69, 9.17) is 0 Å². The van der Waals surface area contributed by atoms with Crippen LogP contribution in [0.3, 0.4) is 0 Å². The summed E-state index contributed by atoms with van der Waals surface area (Å²) in [7, 11) is 0. The summed E-state index contributed by atoms with van der Waals surface area (Å²) in [4.78, 5) is 2.28. The number of aromatic hydroxyl groups is 2. The molecule has 0 spiro atoms. The number of benzene rings is 4. The Kier molecular flexibility index (Phi) is 12.8. The van der Waals surface area contributed by atoms with Gasteiger partial charge in [0.1, 0.15) is 11.5 Å². The van der Waals surface area contributed by atoms with Crippen LogP contribution >= 0.6 is 11.8 Å². The molecule has 0 saturated carbocycles. The van der Waals surface area contributed by atoms with Gasteiger partial charge in [-0.05, 0) is 59.4 Å². The van der Waals surface area contributed by atoms with Gasteiger partial charge in [0.2, 0.25) is 0 Å². The van der Waals surface area contributed by atoms with Gasteiger partial charge in [0, 0.05) is 20.9 Å². The average molecular weight is 571 g/mol. The standard InChI is InChI=1S/C38H50O2S/c1-3-5-7-9-11-13-15-25-33-35(39)27-29-21-17-19-23-31(29)37(33)41-38-32-24-20-18-22-30(32)28-36(40)34(38)26-16-14-12-10-8-6-4-2/h17-24,27-28,39-40H,3-16,25-26H2,1-2H3. The highest BCUT2D eigenvalue weighted by Gasteiger charge is 2.19. The molecule has 3 heteroatoms. The zero-order valence-corrected chi connectivity index (χ0v) is 26.2. The second-order valence-corrected chi connectivity index (χ2v) is 12.7. The fourth-order valence-corrected chi connectivity index (χ4v) is 7.48. The Balaban J connectivity index is 1.64. The summed E-state index contributed by atoms with van der Waals surface area (Å²) in [5.74, 6) is 0.797. The quantitative estimate of drug-likeness (QED) is 0.117. The zero-order valence-electron chi connectivity index (χ0n) is 25.4. The van der Waals surface area contributed by atoms with Gasteiger partial charge in [0.25, 0.3) is 0 Å². The molecule has 4 aromatic rings. The van der Waals surface area contributed by atoms with Crippen molar-refractivity contribution in [2.75, 3.05) is 0 Å². The summed E-state index contributed by atoms with van der Waals surface area (Å²) in [6.45, 7) is 4.52. The van der Waals surface area contributed by atoms with E-state index in [1.165, 1.54) is 87.8 Å². The minimum absolute atomic E-state index is 0.398. The smallest absolute Gasteiger partial charge is 0.120 e. The lowest BCUT2D eigenvalue weighted by Gasteiger charge is -2.19. The minimum Gasteiger partial charge on any atom is -0.508 e. The number of rotatable bonds is 18. The molecular weight excluding hydrogens is 520 g/mol. The Bertz CT molecular complexity index is 1270. The van der Waals surface area contributed by atoms with Crippen LogP contribution < -0.4 is 0 Å². The maximum atomic E-state index is 11.3. The van der Waals surface area contributed by atoms with E-state index in [9.17, 15) is 10.2 Å². The van der Waals surface area contributed by atoms with Gasteiger partial charge in [0.05, 0.1) is 0 Å². The van der Waals surface area contributed by atoms with Crippen LogP contribution in [0.15, 0.2) is 70.5 Å². The van der Waals surface area contributed by atoms with Crippen molar-refractivity contribution in [2.24, 2.45) is 0 Å². The maximum Gasteiger partial charge on any atom is 0.120 e. The molecule has 0 heterocycles. The van der Waals surface area contributed by atoms with Gasteiger partial charge in [0.15, 0.2) is 0 Å². The molecule has 220 valence electrons. The Labute approximate surface area is 252 Å². The molecule has 0 aliphatic carbocycles. The Morgan fingerprint density at radius 2 is 0.854 bits per heavy atom. The van der Waals surface area contributed by atoms with E-state index < -0.39 is 0 Å². The predicted molar refractivity (Wildman–Crippen MR) is 179 cm³/mol. The molecule has 0 radical (unpaired) electrons. The summed E-state index contributed by atoms with van der Waals surface area (Å²) < 4.78 is 0. The van der Waals surface area contributed by atoms with E-state index in [1.54, 1.807) is 11.8 Å². The van der Waals surface area contributed by atoms with Gasteiger partial charge in [-0.1, -0.05) is 151 Å². The molecule has 2 nitrogen and oxygen atoms in total. The highest BCUT2D eigenvalue weighted by atomic mass is 32.2. The topological polar surface area (TPSA) is 40.5 Å². The number of unbranched alkanes of at least 4 members (excludes halogenated alkanes) is 12. The van der Waals surface area contributed by atoms with Crippen molar-refractivity contribution in [3.05, 3.63) is 71.8 Å². The first-order valence-electron chi connectivity index (χ1n) is 16.3. The van der Waals surface area contributed by atoms with Crippen LogP contribution in [-0.2, 0) is 12.8 Å². The molecule has 4 aromatic carbocycles. The molecule has 0 aliphatic rings. The summed E-state index contributed by atoms with van der Waals surface area (Å²) in [6.07, 6.45) is 19.3. The third-order valence-electron chi connectivity index (χ3n) is 8.43. The fraction of sp³-hybridized carbons (Fsp3) is 0.474. The number of phenolic OH excluding ortho intramolecular Hbond substituents is 2. The second-order valence-electron chi connectivity index (χ2n) is 11.7. The van der Waals surface area contributed by atoms with Crippen molar-refractivity contribution in [3.63, 3.8) is 0 Å². The lowest BCUT2D eigenvalue weighted by molar-refractivity contribution is 0.464. The monoisotopic (exact) mass is 570 g/mol. The molecule has 2 N–H and O–H groups in total. The van der Waals surface area contributed by atoms with Crippen molar-refractivity contribution in [1.82, 2.24) is 0 Å². The molecule has 0 bridgehead atoms. The summed E-state index contributed by atoms with van der Waals surface area (Å²) in [6, 6.07) is 20.7. The lowest BCUT2D eigenvalue weighted by atomic mass is 10.00. The third-order valence-corrected chi connectivity index (χ3v) is 9.77. The van der Waals surface area contributed by atoms with Crippen molar-refractivity contribution >= 4 is 33.3 Å². The number of phenols is 2. The first-order valence-corrected chi connectivity index (χ1v) is 17.1. The Morgan fingerprint density at radius 1 is 0.488 bits per heavy atom. The van der Waals surface area contributed by atoms with Gasteiger partial charge >= 0.3 is 0 Å². The summed E-state index contributed by atoms with van der Waals surface area (Å²) >= 11 is 1.76. The van der Waals surface area contributed by atoms with E-state index in [0.717, 1.165) is 57.4 Å². The van der Waals surface area contributed by atoms with Gasteiger partial charge in [-0.15, -0.1) is 0 Å². The molecule has 0 unspecified atom stereocenters. The maximum absolute atomic E-state index is 11.3. The first-order chi connectivity index (χ1) is 20.1. The largest absolute Gasteiger partial charge is 0.508 e. The number of hydrogen-bond acceptors (Lipinski definition) is 3. The average Bonchev–Trinajstić information content (AvgIpc) is 2.98. The normalized spacial score (nSPS) is 11.6. The molecule has 0 fully saturated rings. The molecule has 0 aromatic heterocycles. The first kappa shape index (κ1) is 31.3. The van der Waals surface area contributed by atoms with Gasteiger partial charge in [-0.25, -0.2) is 0 Å². The van der Waals surface area contributed by atoms with Crippen LogP contribution in [-0.4, -0.2) is 10.2 Å². The van der Waals surface area contributed by atoms with E-state index in [2.05, 4.69) is 50.2 Å².